The van der Waals surface area contributed by atoms with Gasteiger partial charge < -0.3 is 5.32 Å². The third kappa shape index (κ3) is 1.73. The van der Waals surface area contributed by atoms with E-state index in [2.05, 4.69) is 15.3 Å². The van der Waals surface area contributed by atoms with E-state index in [4.69, 9.17) is 5.26 Å². The number of nitriles is 1. The van der Waals surface area contributed by atoms with Crippen molar-refractivity contribution in [2.45, 2.75) is 25.7 Å². The largest absolute Gasteiger partial charge is 0.370 e. The molecule has 1 N–H and O–H groups in total. The van der Waals surface area contributed by atoms with E-state index in [1.807, 2.05) is 6.07 Å². The summed E-state index contributed by atoms with van der Waals surface area (Å²) in [6.07, 6.45) is 7.06. The quantitative estimate of drug-likeness (QED) is 0.835. The molecule has 1 spiro atoms. The second-order valence-corrected chi connectivity index (χ2v) is 5.06. The molecular weight excluding hydrogens is 200 g/mol. The van der Waals surface area contributed by atoms with Gasteiger partial charge in [-0.2, -0.15) is 5.26 Å². The molecule has 0 unspecified atom stereocenters. The summed E-state index contributed by atoms with van der Waals surface area (Å²) in [5, 5.41) is 12.0. The van der Waals surface area contributed by atoms with E-state index in [1.54, 1.807) is 6.07 Å². The first-order valence-electron chi connectivity index (χ1n) is 5.76. The Hall–Kier alpha value is -1.63. The molecule has 0 atom stereocenters. The molecule has 1 aromatic heterocycles. The van der Waals surface area contributed by atoms with E-state index in [9.17, 15) is 0 Å². The van der Waals surface area contributed by atoms with Gasteiger partial charge in [0.2, 0.25) is 0 Å². The number of aromatic nitrogens is 2. The first-order chi connectivity index (χ1) is 7.80. The number of anilines is 1. The molecule has 0 radical (unpaired) electrons. The molecule has 0 aromatic carbocycles. The molecule has 1 heterocycles. The summed E-state index contributed by atoms with van der Waals surface area (Å²) in [4.78, 5) is 7.94. The van der Waals surface area contributed by atoms with Gasteiger partial charge in [-0.15, -0.1) is 0 Å². The van der Waals surface area contributed by atoms with Crippen LogP contribution in [0.3, 0.4) is 0 Å². The van der Waals surface area contributed by atoms with E-state index >= 15 is 0 Å². The van der Waals surface area contributed by atoms with Crippen molar-refractivity contribution in [3.63, 3.8) is 0 Å². The van der Waals surface area contributed by atoms with E-state index in [-0.39, 0.29) is 0 Å². The van der Waals surface area contributed by atoms with Crippen LogP contribution in [0, 0.1) is 22.7 Å². The van der Waals surface area contributed by atoms with Crippen molar-refractivity contribution in [1.29, 1.82) is 5.26 Å². The molecule has 82 valence electrons. The van der Waals surface area contributed by atoms with Gasteiger partial charge in [-0.3, -0.25) is 0 Å². The molecule has 0 bridgehead atoms. The Bertz CT molecular complexity index is 437. The SMILES string of the molecule is N#Cc1cc(NCC2CC3(CC3)C2)ncn1. The predicted octanol–water partition coefficient (Wildman–Crippen LogP) is 1.95. The molecule has 2 saturated carbocycles. The van der Waals surface area contributed by atoms with Crippen LogP contribution in [0.15, 0.2) is 12.4 Å². The van der Waals surface area contributed by atoms with E-state index in [0.717, 1.165) is 23.7 Å². The smallest absolute Gasteiger partial charge is 0.145 e. The van der Waals surface area contributed by atoms with Crippen LogP contribution < -0.4 is 5.32 Å². The van der Waals surface area contributed by atoms with Crippen LogP contribution in [-0.4, -0.2) is 16.5 Å². The highest BCUT2D eigenvalue weighted by Gasteiger charge is 2.52. The van der Waals surface area contributed by atoms with Crippen LogP contribution in [0.5, 0.6) is 0 Å². The molecule has 4 heteroatoms. The van der Waals surface area contributed by atoms with Gasteiger partial charge in [-0.25, -0.2) is 9.97 Å². The Kier molecular flexibility index (Phi) is 2.06. The summed E-state index contributed by atoms with van der Waals surface area (Å²) in [6.45, 7) is 0.976. The van der Waals surface area contributed by atoms with Gasteiger partial charge in [0.15, 0.2) is 0 Å². The van der Waals surface area contributed by atoms with Gasteiger partial charge in [0, 0.05) is 12.6 Å². The van der Waals surface area contributed by atoms with Crippen molar-refractivity contribution in [3.05, 3.63) is 18.1 Å². The number of hydrogen-bond donors (Lipinski definition) is 1. The van der Waals surface area contributed by atoms with Crippen molar-refractivity contribution in [1.82, 2.24) is 9.97 Å². The van der Waals surface area contributed by atoms with Crippen molar-refractivity contribution in [2.75, 3.05) is 11.9 Å². The highest BCUT2D eigenvalue weighted by atomic mass is 15.0. The molecule has 2 aliphatic carbocycles. The van der Waals surface area contributed by atoms with Crippen molar-refractivity contribution in [2.24, 2.45) is 11.3 Å². The second-order valence-electron chi connectivity index (χ2n) is 5.06. The molecule has 1 aromatic rings. The molecule has 3 rings (SSSR count). The van der Waals surface area contributed by atoms with E-state index in [0.29, 0.717) is 5.69 Å². The highest BCUT2D eigenvalue weighted by Crippen LogP contribution is 2.63. The monoisotopic (exact) mass is 214 g/mol. The van der Waals surface area contributed by atoms with Gasteiger partial charge in [0.1, 0.15) is 23.9 Å². The van der Waals surface area contributed by atoms with Gasteiger partial charge in [0.25, 0.3) is 0 Å². The highest BCUT2D eigenvalue weighted by molar-refractivity contribution is 5.38. The first-order valence-corrected chi connectivity index (χ1v) is 5.76. The minimum atomic E-state index is 0.421. The summed E-state index contributed by atoms with van der Waals surface area (Å²) in [7, 11) is 0. The molecule has 16 heavy (non-hydrogen) atoms. The number of hydrogen-bond acceptors (Lipinski definition) is 4. The van der Waals surface area contributed by atoms with Crippen LogP contribution in [-0.2, 0) is 0 Å². The lowest BCUT2D eigenvalue weighted by atomic mass is 9.72. The Morgan fingerprint density at radius 2 is 2.25 bits per heavy atom. The maximum Gasteiger partial charge on any atom is 0.145 e. The molecule has 2 aliphatic rings. The zero-order valence-electron chi connectivity index (χ0n) is 9.11. The van der Waals surface area contributed by atoms with Gasteiger partial charge in [-0.1, -0.05) is 0 Å². The van der Waals surface area contributed by atoms with Gasteiger partial charge in [-0.05, 0) is 37.0 Å². The lowest BCUT2D eigenvalue weighted by Crippen LogP contribution is -2.30. The Labute approximate surface area is 94.7 Å². The Balaban J connectivity index is 1.52. The van der Waals surface area contributed by atoms with E-state index < -0.39 is 0 Å². The first kappa shape index (κ1) is 9.59. The van der Waals surface area contributed by atoms with Gasteiger partial charge in [0.05, 0.1) is 0 Å². The third-order valence-corrected chi connectivity index (χ3v) is 3.75. The van der Waals surface area contributed by atoms with Crippen molar-refractivity contribution >= 4 is 5.82 Å². The standard InChI is InChI=1S/C12H14N4/c13-6-10-3-11(16-8-15-10)14-7-9-4-12(5-9)1-2-12/h3,8-9H,1-2,4-5,7H2,(H,14,15,16). The van der Waals surface area contributed by atoms with Crippen molar-refractivity contribution < 1.29 is 0 Å². The van der Waals surface area contributed by atoms with Crippen LogP contribution in [0.2, 0.25) is 0 Å². The predicted molar refractivity (Wildman–Crippen MR) is 59.6 cm³/mol. The Morgan fingerprint density at radius 3 is 2.94 bits per heavy atom. The molecule has 0 amide bonds. The maximum atomic E-state index is 8.71. The number of rotatable bonds is 3. The minimum absolute atomic E-state index is 0.421. The fourth-order valence-electron chi connectivity index (χ4n) is 2.66. The van der Waals surface area contributed by atoms with Crippen LogP contribution in [0.1, 0.15) is 31.4 Å². The summed E-state index contributed by atoms with van der Waals surface area (Å²) in [6, 6.07) is 3.71. The fraction of sp³-hybridized carbons (Fsp3) is 0.583. The minimum Gasteiger partial charge on any atom is -0.370 e. The normalized spacial score (nSPS) is 21.2. The molecule has 0 saturated heterocycles. The van der Waals surface area contributed by atoms with Gasteiger partial charge >= 0.3 is 0 Å². The van der Waals surface area contributed by atoms with Crippen LogP contribution in [0.25, 0.3) is 0 Å². The molecular formula is C12H14N4. The molecule has 0 aliphatic heterocycles. The average molecular weight is 214 g/mol. The summed E-state index contributed by atoms with van der Waals surface area (Å²) >= 11 is 0. The third-order valence-electron chi connectivity index (χ3n) is 3.75. The number of nitrogens with zero attached hydrogens (tertiary/aromatic N) is 3. The lowest BCUT2D eigenvalue weighted by molar-refractivity contribution is 0.180. The summed E-state index contributed by atoms with van der Waals surface area (Å²) in [5.41, 5.74) is 1.18. The lowest BCUT2D eigenvalue weighted by Gasteiger charge is -2.36. The summed E-state index contributed by atoms with van der Waals surface area (Å²) in [5.74, 6) is 1.56. The van der Waals surface area contributed by atoms with E-state index in [1.165, 1.54) is 32.0 Å². The topological polar surface area (TPSA) is 61.6 Å². The molecule has 2 fully saturated rings. The second kappa shape index (κ2) is 3.44. The van der Waals surface area contributed by atoms with Crippen LogP contribution in [0.4, 0.5) is 5.82 Å². The fourth-order valence-corrected chi connectivity index (χ4v) is 2.66. The zero-order valence-corrected chi connectivity index (χ0v) is 9.11. The zero-order chi connectivity index (χ0) is 11.0. The molecule has 4 nitrogen and oxygen atoms in total. The summed E-state index contributed by atoms with van der Waals surface area (Å²) < 4.78 is 0. The number of nitrogens with one attached hydrogen (secondary N) is 1. The Morgan fingerprint density at radius 1 is 1.44 bits per heavy atom. The maximum absolute atomic E-state index is 8.71. The van der Waals surface area contributed by atoms with Crippen LogP contribution >= 0.6 is 0 Å². The average Bonchev–Trinajstić information content (AvgIpc) is 3.05. The van der Waals surface area contributed by atoms with Crippen molar-refractivity contribution in [3.8, 4) is 6.07 Å².